The Bertz CT molecular complexity index is 3010. The average molecular weight is 516 g/mol. The van der Waals surface area contributed by atoms with Crippen LogP contribution in [-0.4, -0.2) is 0 Å². The SMILES string of the molecule is [2H]c1c([2H])c([2H])c2c([2H])c3c(c([2H])c([2H])c4c([2H])c([2H])c([2H])c([2H])c43)c(-c3ccc4ccc5cc(-c6ccccc6)cc6ccc3c4c56)c2c1[2H]. The molecule has 0 amide bonds. The zero-order chi connectivity index (χ0) is 35.8. The fraction of sp³-hybridized carbons (Fsp3) is 0. The van der Waals surface area contributed by atoms with Crippen LogP contribution in [0.3, 0.4) is 0 Å². The molecule has 0 aliphatic rings. The lowest BCUT2D eigenvalue weighted by atomic mass is 9.85. The molecule has 0 saturated heterocycles. The molecular weight excluding hydrogens is 480 g/mol. The van der Waals surface area contributed by atoms with E-state index >= 15 is 0 Å². The maximum atomic E-state index is 9.42. The minimum absolute atomic E-state index is 0.00739. The molecule has 0 saturated carbocycles. The van der Waals surface area contributed by atoms with Crippen LogP contribution in [0.5, 0.6) is 0 Å². The van der Waals surface area contributed by atoms with E-state index in [4.69, 9.17) is 12.3 Å². The van der Waals surface area contributed by atoms with E-state index in [1.807, 2.05) is 48.5 Å². The molecule has 9 rings (SSSR count). The van der Waals surface area contributed by atoms with Crippen molar-refractivity contribution in [2.24, 2.45) is 0 Å². The van der Waals surface area contributed by atoms with Gasteiger partial charge in [0.15, 0.2) is 0 Å². The Kier molecular flexibility index (Phi) is 2.80. The van der Waals surface area contributed by atoms with Crippen molar-refractivity contribution < 1.29 is 15.1 Å². The average Bonchev–Trinajstić information content (AvgIpc) is 3.14. The Balaban J connectivity index is 1.54. The van der Waals surface area contributed by atoms with Gasteiger partial charge in [0.2, 0.25) is 0 Å². The number of hydrogen-bond donors (Lipinski definition) is 0. The van der Waals surface area contributed by atoms with Crippen LogP contribution >= 0.6 is 0 Å². The number of rotatable bonds is 2. The van der Waals surface area contributed by atoms with Gasteiger partial charge in [-0.2, -0.15) is 0 Å². The maximum absolute atomic E-state index is 9.42. The van der Waals surface area contributed by atoms with Gasteiger partial charge >= 0.3 is 0 Å². The van der Waals surface area contributed by atoms with Crippen molar-refractivity contribution in [3.63, 3.8) is 0 Å². The lowest BCUT2D eigenvalue weighted by molar-refractivity contribution is 1.66. The normalized spacial score (nSPS) is 15.8. The first-order valence-electron chi connectivity index (χ1n) is 18.5. The minimum Gasteiger partial charge on any atom is -0.0622 e. The molecule has 9 aromatic carbocycles. The summed E-state index contributed by atoms with van der Waals surface area (Å²) in [5, 5.41) is 5.01. The molecule has 0 atom stereocenters. The van der Waals surface area contributed by atoms with E-state index in [1.165, 1.54) is 0 Å². The van der Waals surface area contributed by atoms with E-state index in [9.17, 15) is 2.74 Å². The highest BCUT2D eigenvalue weighted by molar-refractivity contribution is 6.29. The summed E-state index contributed by atoms with van der Waals surface area (Å²) in [5.74, 6) is 0. The molecule has 0 fully saturated rings. The van der Waals surface area contributed by atoms with Crippen LogP contribution < -0.4 is 0 Å². The largest absolute Gasteiger partial charge is 0.0636 e. The zero-order valence-electron chi connectivity index (χ0n) is 32.0. The molecule has 0 unspecified atom stereocenters. The van der Waals surface area contributed by atoms with Crippen molar-refractivity contribution in [3.05, 3.63) is 145 Å². The van der Waals surface area contributed by atoms with Gasteiger partial charge in [-0.15, -0.1) is 0 Å². The van der Waals surface area contributed by atoms with Gasteiger partial charge in [0, 0.05) is 0 Å². The summed E-state index contributed by atoms with van der Waals surface area (Å²) in [5.41, 5.74) is 2.85. The van der Waals surface area contributed by atoms with E-state index in [0.29, 0.717) is 5.56 Å². The van der Waals surface area contributed by atoms with Gasteiger partial charge in [-0.05, 0) is 105 Å². The molecule has 9 aromatic rings. The molecule has 0 bridgehead atoms. The first-order valence-corrected chi connectivity index (χ1v) is 13.0. The number of hydrogen-bond acceptors (Lipinski definition) is 0. The van der Waals surface area contributed by atoms with Crippen molar-refractivity contribution in [2.45, 2.75) is 0 Å². The Morgan fingerprint density at radius 3 is 1.95 bits per heavy atom. The third kappa shape index (κ3) is 3.02. The second-order valence-corrected chi connectivity index (χ2v) is 10.1. The fourth-order valence-electron chi connectivity index (χ4n) is 6.17. The van der Waals surface area contributed by atoms with Gasteiger partial charge in [0.05, 0.1) is 15.1 Å². The lowest BCUT2D eigenvalue weighted by Crippen LogP contribution is -1.91. The smallest absolute Gasteiger partial charge is 0.0622 e. The quantitative estimate of drug-likeness (QED) is 0.159. The van der Waals surface area contributed by atoms with E-state index in [1.54, 1.807) is 0 Å². The van der Waals surface area contributed by atoms with Crippen molar-refractivity contribution in [3.8, 4) is 22.3 Å². The van der Waals surface area contributed by atoms with Crippen LogP contribution in [0.2, 0.25) is 0 Å². The summed E-state index contributed by atoms with van der Waals surface area (Å²) in [7, 11) is 0. The topological polar surface area (TPSA) is 0 Å². The standard InChI is InChI=1S/C40H24/c1-2-8-25(9-3-1)31-22-29-15-14-27-17-20-35(34-21-18-30(23-31)38(29)39(27)34)40-33-13-7-5-11-28(33)24-37-32-12-6-4-10-26(32)16-19-36(37)40/h1-24H/i4D,5D,6D,7D,10D,11D,12D,13D,16D,19D,24D. The van der Waals surface area contributed by atoms with Gasteiger partial charge in [0.25, 0.3) is 0 Å². The predicted molar refractivity (Wildman–Crippen MR) is 174 cm³/mol. The molecule has 0 spiro atoms. The van der Waals surface area contributed by atoms with E-state index in [-0.39, 0.29) is 37.9 Å². The first-order chi connectivity index (χ1) is 24.4. The Morgan fingerprint density at radius 1 is 0.400 bits per heavy atom. The highest BCUT2D eigenvalue weighted by atomic mass is 14.2. The summed E-state index contributed by atoms with van der Waals surface area (Å²) in [4.78, 5) is 0. The second kappa shape index (κ2) is 8.15. The fourth-order valence-corrected chi connectivity index (χ4v) is 6.17. The van der Waals surface area contributed by atoms with Gasteiger partial charge in [-0.25, -0.2) is 0 Å². The van der Waals surface area contributed by atoms with Crippen molar-refractivity contribution in [2.75, 3.05) is 0 Å². The van der Waals surface area contributed by atoms with Crippen LogP contribution in [0, 0.1) is 0 Å². The Morgan fingerprint density at radius 2 is 1.10 bits per heavy atom. The lowest BCUT2D eigenvalue weighted by Gasteiger charge is -2.18. The Hall–Kier alpha value is -5.20. The molecule has 0 nitrogen and oxygen atoms in total. The highest BCUT2D eigenvalue weighted by Gasteiger charge is 2.17. The molecule has 0 heteroatoms. The molecule has 0 heterocycles. The van der Waals surface area contributed by atoms with Crippen LogP contribution in [0.4, 0.5) is 0 Å². The Labute approximate surface area is 247 Å². The van der Waals surface area contributed by atoms with Crippen LogP contribution in [0.15, 0.2) is 145 Å². The molecule has 0 radical (unpaired) electrons. The third-order valence-electron chi connectivity index (χ3n) is 7.91. The molecule has 184 valence electrons. The summed E-state index contributed by atoms with van der Waals surface area (Å²) in [6.45, 7) is 0. The van der Waals surface area contributed by atoms with Gasteiger partial charge < -0.3 is 0 Å². The molecular formula is C40H24. The van der Waals surface area contributed by atoms with E-state index in [2.05, 4.69) is 30.3 Å². The summed E-state index contributed by atoms with van der Waals surface area (Å²) in [6.07, 6.45) is 0. The van der Waals surface area contributed by atoms with Crippen molar-refractivity contribution in [1.29, 1.82) is 0 Å². The van der Waals surface area contributed by atoms with Crippen LogP contribution in [-0.2, 0) is 0 Å². The monoisotopic (exact) mass is 515 g/mol. The summed E-state index contributed by atoms with van der Waals surface area (Å²) in [6, 6.07) is 20.8. The molecule has 0 aliphatic heterocycles. The summed E-state index contributed by atoms with van der Waals surface area (Å²) < 4.78 is 97.4. The molecule has 40 heavy (non-hydrogen) atoms. The van der Waals surface area contributed by atoms with E-state index in [0.717, 1.165) is 43.4 Å². The molecule has 0 aliphatic carbocycles. The van der Waals surface area contributed by atoms with Crippen molar-refractivity contribution in [1.82, 2.24) is 0 Å². The molecule has 0 N–H and O–H groups in total. The van der Waals surface area contributed by atoms with E-state index < -0.39 is 66.5 Å². The number of fused-ring (bicyclic) bond motifs is 4. The van der Waals surface area contributed by atoms with Gasteiger partial charge in [0.1, 0.15) is 0 Å². The number of benzene rings is 9. The highest BCUT2D eigenvalue weighted by Crippen LogP contribution is 2.45. The van der Waals surface area contributed by atoms with Crippen molar-refractivity contribution >= 4 is 64.6 Å². The summed E-state index contributed by atoms with van der Waals surface area (Å²) >= 11 is 0. The third-order valence-corrected chi connectivity index (χ3v) is 7.91. The maximum Gasteiger partial charge on any atom is 0.0636 e. The minimum atomic E-state index is -0.573. The zero-order valence-corrected chi connectivity index (χ0v) is 21.0. The first kappa shape index (κ1) is 13.7. The van der Waals surface area contributed by atoms with Crippen LogP contribution in [0.1, 0.15) is 15.1 Å². The van der Waals surface area contributed by atoms with Gasteiger partial charge in [-0.3, -0.25) is 0 Å². The van der Waals surface area contributed by atoms with Crippen LogP contribution in [0.25, 0.3) is 86.9 Å². The van der Waals surface area contributed by atoms with Gasteiger partial charge in [-0.1, -0.05) is 127 Å². The second-order valence-electron chi connectivity index (χ2n) is 10.1. The molecule has 0 aromatic heterocycles. The predicted octanol–water partition coefficient (Wildman–Crippen LogP) is 11.4.